The SMILES string of the molecule is COc1cc(N2CCN(C)CC2)ccc1Nc1ncc(Cl)c(Nc2ccccc2CS(C)(=O)=O)n1. The van der Waals surface area contributed by atoms with E-state index in [1.807, 2.05) is 24.3 Å². The number of nitrogens with zero attached hydrogens (tertiary/aromatic N) is 4. The molecule has 1 aromatic heterocycles. The number of nitrogens with one attached hydrogen (secondary N) is 2. The molecule has 1 aliphatic rings. The summed E-state index contributed by atoms with van der Waals surface area (Å²) in [5.41, 5.74) is 3.05. The molecule has 0 unspecified atom stereocenters. The van der Waals surface area contributed by atoms with E-state index in [2.05, 4.69) is 37.4 Å². The minimum absolute atomic E-state index is 0.0964. The Labute approximate surface area is 211 Å². The fourth-order valence-electron chi connectivity index (χ4n) is 3.86. The molecule has 0 atom stereocenters. The second-order valence-corrected chi connectivity index (χ2v) is 11.1. The van der Waals surface area contributed by atoms with E-state index >= 15 is 0 Å². The molecule has 0 amide bonds. The van der Waals surface area contributed by atoms with Crippen molar-refractivity contribution in [1.82, 2.24) is 14.9 Å². The van der Waals surface area contributed by atoms with Gasteiger partial charge in [-0.15, -0.1) is 0 Å². The summed E-state index contributed by atoms with van der Waals surface area (Å²) in [7, 11) is 0.546. The van der Waals surface area contributed by atoms with Gasteiger partial charge in [0, 0.05) is 49.9 Å². The van der Waals surface area contributed by atoms with E-state index in [-0.39, 0.29) is 5.75 Å². The maximum absolute atomic E-state index is 11.8. The Morgan fingerprint density at radius 3 is 2.51 bits per heavy atom. The zero-order valence-electron chi connectivity index (χ0n) is 20.0. The summed E-state index contributed by atoms with van der Waals surface area (Å²) in [5.74, 6) is 1.26. The topological polar surface area (TPSA) is 99.7 Å². The fourth-order valence-corrected chi connectivity index (χ4v) is 4.81. The van der Waals surface area contributed by atoms with Crippen molar-refractivity contribution in [2.24, 2.45) is 0 Å². The van der Waals surface area contributed by atoms with Crippen molar-refractivity contribution in [2.75, 3.05) is 62.1 Å². The van der Waals surface area contributed by atoms with Gasteiger partial charge in [0.15, 0.2) is 15.7 Å². The molecule has 1 fully saturated rings. The van der Waals surface area contributed by atoms with E-state index < -0.39 is 9.84 Å². The first-order valence-electron chi connectivity index (χ1n) is 11.2. The molecule has 4 rings (SSSR count). The lowest BCUT2D eigenvalue weighted by Crippen LogP contribution is -2.44. The highest BCUT2D eigenvalue weighted by Crippen LogP contribution is 2.33. The van der Waals surface area contributed by atoms with Crippen LogP contribution in [-0.2, 0) is 15.6 Å². The molecule has 2 N–H and O–H groups in total. The van der Waals surface area contributed by atoms with Crippen LogP contribution in [0.2, 0.25) is 5.02 Å². The van der Waals surface area contributed by atoms with Gasteiger partial charge in [0.2, 0.25) is 5.95 Å². The van der Waals surface area contributed by atoms with E-state index in [0.29, 0.717) is 33.8 Å². The molecule has 11 heteroatoms. The number of hydrogen-bond donors (Lipinski definition) is 2. The van der Waals surface area contributed by atoms with Crippen molar-refractivity contribution in [1.29, 1.82) is 0 Å². The van der Waals surface area contributed by atoms with Gasteiger partial charge in [-0.25, -0.2) is 13.4 Å². The third-order valence-corrected chi connectivity index (χ3v) is 6.84. The van der Waals surface area contributed by atoms with Crippen LogP contribution >= 0.6 is 11.6 Å². The van der Waals surface area contributed by atoms with Crippen molar-refractivity contribution >= 4 is 50.3 Å². The number of anilines is 5. The highest BCUT2D eigenvalue weighted by molar-refractivity contribution is 7.89. The van der Waals surface area contributed by atoms with Gasteiger partial charge in [0.05, 0.1) is 24.7 Å². The number of aromatic nitrogens is 2. The van der Waals surface area contributed by atoms with Crippen LogP contribution in [0.3, 0.4) is 0 Å². The van der Waals surface area contributed by atoms with Crippen molar-refractivity contribution in [3.63, 3.8) is 0 Å². The Morgan fingerprint density at radius 2 is 1.80 bits per heavy atom. The number of halogens is 1. The minimum atomic E-state index is -3.21. The molecule has 9 nitrogen and oxygen atoms in total. The van der Waals surface area contributed by atoms with E-state index in [0.717, 1.165) is 37.6 Å². The van der Waals surface area contributed by atoms with Crippen LogP contribution in [0.15, 0.2) is 48.7 Å². The second-order valence-electron chi connectivity index (χ2n) is 8.54. The molecule has 0 spiro atoms. The molecule has 3 aromatic rings. The van der Waals surface area contributed by atoms with Crippen LogP contribution in [0, 0.1) is 0 Å². The van der Waals surface area contributed by atoms with Gasteiger partial charge >= 0.3 is 0 Å². The Bertz CT molecular complexity index is 1300. The molecule has 2 aromatic carbocycles. The number of piperazine rings is 1. The van der Waals surface area contributed by atoms with Crippen molar-refractivity contribution in [2.45, 2.75) is 5.75 Å². The average molecular weight is 517 g/mol. The van der Waals surface area contributed by atoms with E-state index in [1.54, 1.807) is 25.3 Å². The van der Waals surface area contributed by atoms with Crippen LogP contribution < -0.4 is 20.3 Å². The number of sulfone groups is 1. The van der Waals surface area contributed by atoms with Crippen molar-refractivity contribution < 1.29 is 13.2 Å². The molecule has 0 radical (unpaired) electrons. The molecule has 0 bridgehead atoms. The number of hydrogen-bond acceptors (Lipinski definition) is 9. The highest BCUT2D eigenvalue weighted by Gasteiger charge is 2.17. The van der Waals surface area contributed by atoms with Crippen LogP contribution in [0.5, 0.6) is 5.75 Å². The summed E-state index contributed by atoms with van der Waals surface area (Å²) < 4.78 is 29.3. The molecule has 186 valence electrons. The number of likely N-dealkylation sites (N-methyl/N-ethyl adjacent to an activating group) is 1. The lowest BCUT2D eigenvalue weighted by molar-refractivity contribution is 0.312. The maximum Gasteiger partial charge on any atom is 0.229 e. The largest absolute Gasteiger partial charge is 0.494 e. The first kappa shape index (κ1) is 25.0. The Morgan fingerprint density at radius 1 is 1.06 bits per heavy atom. The lowest BCUT2D eigenvalue weighted by atomic mass is 10.2. The molecule has 0 saturated carbocycles. The average Bonchev–Trinajstić information content (AvgIpc) is 2.82. The number of rotatable bonds is 8. The number of methoxy groups -OCH3 is 1. The Balaban J connectivity index is 1.55. The van der Waals surface area contributed by atoms with Crippen molar-refractivity contribution in [3.8, 4) is 5.75 Å². The van der Waals surface area contributed by atoms with Gasteiger partial charge in [-0.05, 0) is 30.8 Å². The predicted molar refractivity (Wildman–Crippen MR) is 141 cm³/mol. The molecule has 2 heterocycles. The normalized spacial score (nSPS) is 14.6. The second kappa shape index (κ2) is 10.7. The standard InChI is InChI=1S/C24H29ClN6O3S/c1-30-10-12-31(13-11-30)18-8-9-21(22(14-18)34-2)28-24-26-15-19(25)23(29-24)27-20-7-5-4-6-17(20)16-35(3,32)33/h4-9,14-15H,10-13,16H2,1-3H3,(H2,26,27,28,29). The Hall–Kier alpha value is -3.08. The third kappa shape index (κ3) is 6.53. The number of ether oxygens (including phenoxy) is 1. The minimum Gasteiger partial charge on any atom is -0.494 e. The van der Waals surface area contributed by atoms with Gasteiger partial charge in [-0.1, -0.05) is 29.8 Å². The smallest absolute Gasteiger partial charge is 0.229 e. The zero-order valence-corrected chi connectivity index (χ0v) is 21.5. The summed E-state index contributed by atoms with van der Waals surface area (Å²) in [6, 6.07) is 13.1. The first-order valence-corrected chi connectivity index (χ1v) is 13.6. The molecule has 1 saturated heterocycles. The number of para-hydroxylation sites is 1. The predicted octanol–water partition coefficient (Wildman–Crippen LogP) is 3.92. The Kier molecular flexibility index (Phi) is 7.63. The fraction of sp³-hybridized carbons (Fsp3) is 0.333. The molecule has 35 heavy (non-hydrogen) atoms. The first-order chi connectivity index (χ1) is 16.7. The third-order valence-electron chi connectivity index (χ3n) is 5.73. The zero-order chi connectivity index (χ0) is 25.0. The summed E-state index contributed by atoms with van der Waals surface area (Å²) in [5, 5.41) is 6.65. The summed E-state index contributed by atoms with van der Waals surface area (Å²) >= 11 is 6.34. The van der Waals surface area contributed by atoms with Gasteiger partial charge < -0.3 is 25.2 Å². The summed E-state index contributed by atoms with van der Waals surface area (Å²) in [6.07, 6.45) is 2.69. The highest BCUT2D eigenvalue weighted by atomic mass is 35.5. The van der Waals surface area contributed by atoms with Gasteiger partial charge in [0.25, 0.3) is 0 Å². The van der Waals surface area contributed by atoms with Crippen LogP contribution in [-0.4, -0.2) is 69.9 Å². The molecular formula is C24H29ClN6O3S. The van der Waals surface area contributed by atoms with Gasteiger partial charge in [-0.2, -0.15) is 4.98 Å². The number of benzene rings is 2. The van der Waals surface area contributed by atoms with E-state index in [4.69, 9.17) is 16.3 Å². The molecular weight excluding hydrogens is 488 g/mol. The summed E-state index contributed by atoms with van der Waals surface area (Å²) in [4.78, 5) is 13.4. The maximum atomic E-state index is 11.8. The molecule has 0 aliphatic carbocycles. The quantitative estimate of drug-likeness (QED) is 0.461. The van der Waals surface area contributed by atoms with Crippen LogP contribution in [0.25, 0.3) is 0 Å². The van der Waals surface area contributed by atoms with Gasteiger partial charge in [0.1, 0.15) is 10.8 Å². The van der Waals surface area contributed by atoms with Gasteiger partial charge in [-0.3, -0.25) is 0 Å². The van der Waals surface area contributed by atoms with Crippen LogP contribution in [0.4, 0.5) is 28.8 Å². The van der Waals surface area contributed by atoms with Crippen LogP contribution in [0.1, 0.15) is 5.56 Å². The van der Waals surface area contributed by atoms with E-state index in [9.17, 15) is 8.42 Å². The summed E-state index contributed by atoms with van der Waals surface area (Å²) in [6.45, 7) is 3.96. The van der Waals surface area contributed by atoms with E-state index in [1.165, 1.54) is 12.5 Å². The lowest BCUT2D eigenvalue weighted by Gasteiger charge is -2.34. The monoisotopic (exact) mass is 516 g/mol. The van der Waals surface area contributed by atoms with Crippen molar-refractivity contribution in [3.05, 3.63) is 59.2 Å². The molecule has 1 aliphatic heterocycles.